The standard InChI is InChI=1S/C19H20ClN3O2S2/c1-19(2,3)17(24)23-18-21-9-15(27-18)13-10-26-16(22-13)8-11-7-12(20)5-6-14(11)25-4/h5-7,9-10H,8H2,1-4H3,(H,21,23,24). The van der Waals surface area contributed by atoms with E-state index >= 15 is 0 Å². The Hall–Kier alpha value is -1.96. The van der Waals surface area contributed by atoms with E-state index in [2.05, 4.69) is 10.3 Å². The first-order valence-electron chi connectivity index (χ1n) is 8.31. The van der Waals surface area contributed by atoms with Crippen LogP contribution in [0, 0.1) is 5.41 Å². The molecule has 0 spiro atoms. The van der Waals surface area contributed by atoms with Crippen LogP contribution >= 0.6 is 34.3 Å². The average molecular weight is 422 g/mol. The quantitative estimate of drug-likeness (QED) is 0.590. The van der Waals surface area contributed by atoms with Crippen LogP contribution in [0.2, 0.25) is 5.02 Å². The topological polar surface area (TPSA) is 64.1 Å². The van der Waals surface area contributed by atoms with Crippen LogP contribution in [-0.4, -0.2) is 23.0 Å². The summed E-state index contributed by atoms with van der Waals surface area (Å²) in [6, 6.07) is 5.57. The van der Waals surface area contributed by atoms with Gasteiger partial charge in [-0.1, -0.05) is 43.7 Å². The van der Waals surface area contributed by atoms with Crippen molar-refractivity contribution in [2.24, 2.45) is 5.41 Å². The predicted molar refractivity (Wildman–Crippen MR) is 112 cm³/mol. The van der Waals surface area contributed by atoms with Gasteiger partial charge in [-0.25, -0.2) is 9.97 Å². The highest BCUT2D eigenvalue weighted by atomic mass is 35.5. The minimum absolute atomic E-state index is 0.0598. The second-order valence-corrected chi connectivity index (χ2v) is 9.40. The van der Waals surface area contributed by atoms with Crippen molar-refractivity contribution in [1.29, 1.82) is 0 Å². The molecule has 0 aliphatic carbocycles. The molecule has 8 heteroatoms. The molecule has 0 aliphatic rings. The van der Waals surface area contributed by atoms with Gasteiger partial charge in [-0.05, 0) is 18.2 Å². The van der Waals surface area contributed by atoms with Crippen molar-refractivity contribution < 1.29 is 9.53 Å². The number of rotatable bonds is 5. The second kappa shape index (κ2) is 7.96. The van der Waals surface area contributed by atoms with Crippen LogP contribution in [0.15, 0.2) is 29.8 Å². The Morgan fingerprint density at radius 2 is 2.11 bits per heavy atom. The molecule has 142 valence electrons. The molecule has 0 atom stereocenters. The van der Waals surface area contributed by atoms with Gasteiger partial charge in [-0.2, -0.15) is 0 Å². The highest BCUT2D eigenvalue weighted by molar-refractivity contribution is 7.19. The van der Waals surface area contributed by atoms with Crippen molar-refractivity contribution in [2.45, 2.75) is 27.2 Å². The minimum atomic E-state index is -0.463. The van der Waals surface area contributed by atoms with Crippen molar-refractivity contribution in [3.8, 4) is 16.3 Å². The molecule has 1 aromatic carbocycles. The van der Waals surface area contributed by atoms with Crippen molar-refractivity contribution in [1.82, 2.24) is 9.97 Å². The zero-order chi connectivity index (χ0) is 19.6. The van der Waals surface area contributed by atoms with Crippen LogP contribution < -0.4 is 10.1 Å². The maximum atomic E-state index is 12.1. The SMILES string of the molecule is COc1ccc(Cl)cc1Cc1nc(-c2cnc(NC(=O)C(C)(C)C)s2)cs1. The highest BCUT2D eigenvalue weighted by Gasteiger charge is 2.22. The lowest BCUT2D eigenvalue weighted by atomic mass is 9.96. The van der Waals surface area contributed by atoms with Crippen LogP contribution in [0.1, 0.15) is 31.3 Å². The first-order chi connectivity index (χ1) is 12.8. The molecule has 3 rings (SSSR count). The summed E-state index contributed by atoms with van der Waals surface area (Å²) in [7, 11) is 1.64. The zero-order valence-electron chi connectivity index (χ0n) is 15.5. The Labute approximate surface area is 171 Å². The first-order valence-corrected chi connectivity index (χ1v) is 10.4. The molecule has 5 nitrogen and oxygen atoms in total. The van der Waals surface area contributed by atoms with E-state index in [1.165, 1.54) is 11.3 Å². The minimum Gasteiger partial charge on any atom is -0.496 e. The average Bonchev–Trinajstić information content (AvgIpc) is 3.23. The summed E-state index contributed by atoms with van der Waals surface area (Å²) in [4.78, 5) is 22.0. The van der Waals surface area contributed by atoms with Crippen LogP contribution in [-0.2, 0) is 11.2 Å². The van der Waals surface area contributed by atoms with Gasteiger partial charge >= 0.3 is 0 Å². The Balaban J connectivity index is 1.75. The third-order valence-electron chi connectivity index (χ3n) is 3.80. The molecule has 1 amide bonds. The van der Waals surface area contributed by atoms with Gasteiger partial charge in [0.1, 0.15) is 5.75 Å². The number of ether oxygens (including phenoxy) is 1. The van der Waals surface area contributed by atoms with Gasteiger partial charge in [0.15, 0.2) is 5.13 Å². The van der Waals surface area contributed by atoms with E-state index in [0.29, 0.717) is 16.6 Å². The van der Waals surface area contributed by atoms with E-state index in [-0.39, 0.29) is 5.91 Å². The van der Waals surface area contributed by atoms with Crippen molar-refractivity contribution in [3.63, 3.8) is 0 Å². The summed E-state index contributed by atoms with van der Waals surface area (Å²) in [5.41, 5.74) is 1.38. The Kier molecular flexibility index (Phi) is 5.83. The number of nitrogens with zero attached hydrogens (tertiary/aromatic N) is 2. The maximum absolute atomic E-state index is 12.1. The van der Waals surface area contributed by atoms with Gasteiger partial charge in [-0.15, -0.1) is 11.3 Å². The van der Waals surface area contributed by atoms with E-state index in [9.17, 15) is 4.79 Å². The van der Waals surface area contributed by atoms with Gasteiger partial charge in [0.05, 0.1) is 22.7 Å². The fourth-order valence-corrected chi connectivity index (χ4v) is 4.15. The van der Waals surface area contributed by atoms with E-state index in [4.69, 9.17) is 21.3 Å². The molecular formula is C19H20ClN3O2S2. The number of thiazole rings is 2. The van der Waals surface area contributed by atoms with Crippen molar-refractivity contribution >= 4 is 45.3 Å². The molecule has 0 bridgehead atoms. The number of hydrogen-bond acceptors (Lipinski definition) is 6. The third kappa shape index (κ3) is 4.86. The number of methoxy groups -OCH3 is 1. The first kappa shape index (κ1) is 19.8. The van der Waals surface area contributed by atoms with Gasteiger partial charge in [0.2, 0.25) is 5.91 Å². The monoisotopic (exact) mass is 421 g/mol. The largest absolute Gasteiger partial charge is 0.496 e. The van der Waals surface area contributed by atoms with Crippen molar-refractivity contribution in [3.05, 3.63) is 45.4 Å². The lowest BCUT2D eigenvalue weighted by Gasteiger charge is -2.15. The van der Waals surface area contributed by atoms with Gasteiger partial charge in [0, 0.05) is 34.0 Å². The molecule has 0 fully saturated rings. The van der Waals surface area contributed by atoms with Crippen LogP contribution in [0.4, 0.5) is 5.13 Å². The fraction of sp³-hybridized carbons (Fsp3) is 0.316. The fourth-order valence-electron chi connectivity index (χ4n) is 2.29. The number of carbonyl (C=O) groups is 1. The molecule has 0 saturated carbocycles. The second-order valence-electron chi connectivity index (χ2n) is 6.99. The Morgan fingerprint density at radius 3 is 2.81 bits per heavy atom. The molecule has 27 heavy (non-hydrogen) atoms. The number of hydrogen-bond donors (Lipinski definition) is 1. The molecule has 2 aromatic heterocycles. The smallest absolute Gasteiger partial charge is 0.231 e. The molecule has 0 unspecified atom stereocenters. The highest BCUT2D eigenvalue weighted by Crippen LogP contribution is 2.32. The number of halogens is 1. The summed E-state index contributed by atoms with van der Waals surface area (Å²) in [5, 5.41) is 7.06. The van der Waals surface area contributed by atoms with Gasteiger partial charge < -0.3 is 10.1 Å². The van der Waals surface area contributed by atoms with E-state index in [1.54, 1.807) is 24.6 Å². The van der Waals surface area contributed by atoms with E-state index in [1.807, 2.05) is 44.4 Å². The molecule has 3 aromatic rings. The van der Waals surface area contributed by atoms with Crippen molar-refractivity contribution in [2.75, 3.05) is 12.4 Å². The molecule has 1 N–H and O–H groups in total. The number of amides is 1. The van der Waals surface area contributed by atoms with Crippen LogP contribution in [0.3, 0.4) is 0 Å². The molecular weight excluding hydrogens is 402 g/mol. The van der Waals surface area contributed by atoms with Gasteiger partial charge in [0.25, 0.3) is 0 Å². The molecule has 0 saturated heterocycles. The Morgan fingerprint density at radius 1 is 1.33 bits per heavy atom. The molecule has 0 radical (unpaired) electrons. The Bertz CT molecular complexity index is 960. The summed E-state index contributed by atoms with van der Waals surface area (Å²) in [5.74, 6) is 0.733. The number of anilines is 1. The molecule has 0 aliphatic heterocycles. The summed E-state index contributed by atoms with van der Waals surface area (Å²) in [6.45, 7) is 5.61. The summed E-state index contributed by atoms with van der Waals surface area (Å²) >= 11 is 9.09. The molecule has 2 heterocycles. The van der Waals surface area contributed by atoms with Gasteiger partial charge in [-0.3, -0.25) is 4.79 Å². The van der Waals surface area contributed by atoms with Crippen LogP contribution in [0.5, 0.6) is 5.75 Å². The summed E-state index contributed by atoms with van der Waals surface area (Å²) < 4.78 is 5.40. The lowest BCUT2D eigenvalue weighted by Crippen LogP contribution is -2.27. The zero-order valence-corrected chi connectivity index (χ0v) is 17.9. The number of benzene rings is 1. The van der Waals surface area contributed by atoms with Crippen LogP contribution in [0.25, 0.3) is 10.6 Å². The third-order valence-corrected chi connectivity index (χ3v) is 5.81. The normalized spacial score (nSPS) is 11.4. The predicted octanol–water partition coefficient (Wildman–Crippen LogP) is 5.50. The summed E-state index contributed by atoms with van der Waals surface area (Å²) in [6.07, 6.45) is 2.38. The number of nitrogens with one attached hydrogen (secondary N) is 1. The maximum Gasteiger partial charge on any atom is 0.231 e. The number of carbonyl (C=O) groups excluding carboxylic acids is 1. The lowest BCUT2D eigenvalue weighted by molar-refractivity contribution is -0.123. The van der Waals surface area contributed by atoms with E-state index in [0.717, 1.165) is 26.9 Å². The number of aromatic nitrogens is 2. The van der Waals surface area contributed by atoms with E-state index < -0.39 is 5.41 Å².